The van der Waals surface area contributed by atoms with Crippen LogP contribution in [0, 0.1) is 0 Å². The van der Waals surface area contributed by atoms with Crippen LogP contribution in [0.25, 0.3) is 0 Å². The lowest BCUT2D eigenvalue weighted by atomic mass is 10.4. The second-order valence-electron chi connectivity index (χ2n) is 1.69. The Kier molecular flexibility index (Phi) is 1.32. The maximum absolute atomic E-state index is 3.13. The highest BCUT2D eigenvalue weighted by atomic mass is 15.1. The SMILES string of the molecule is CC1=CCNCN1. The molecule has 1 aliphatic heterocycles. The summed E-state index contributed by atoms with van der Waals surface area (Å²) in [5, 5.41) is 6.26. The van der Waals surface area contributed by atoms with Crippen molar-refractivity contribution in [1.82, 2.24) is 10.6 Å². The second kappa shape index (κ2) is 1.98. The lowest BCUT2D eigenvalue weighted by Crippen LogP contribution is -2.32. The molecule has 2 heteroatoms. The third kappa shape index (κ3) is 1.20. The Morgan fingerprint density at radius 1 is 1.71 bits per heavy atom. The van der Waals surface area contributed by atoms with Crippen LogP contribution >= 0.6 is 0 Å². The summed E-state index contributed by atoms with van der Waals surface area (Å²) in [5.74, 6) is 0. The van der Waals surface area contributed by atoms with E-state index < -0.39 is 0 Å². The van der Waals surface area contributed by atoms with E-state index in [2.05, 4.69) is 23.6 Å². The molecule has 0 fully saturated rings. The molecule has 0 aromatic carbocycles. The number of hydrogen-bond acceptors (Lipinski definition) is 2. The van der Waals surface area contributed by atoms with Gasteiger partial charge in [0.05, 0.1) is 6.67 Å². The van der Waals surface area contributed by atoms with Crippen LogP contribution in [0.15, 0.2) is 11.8 Å². The van der Waals surface area contributed by atoms with E-state index in [0.29, 0.717) is 0 Å². The third-order valence-electron chi connectivity index (χ3n) is 1.04. The van der Waals surface area contributed by atoms with Crippen molar-refractivity contribution in [2.75, 3.05) is 13.2 Å². The first-order valence-electron chi connectivity index (χ1n) is 2.51. The molecule has 0 amide bonds. The maximum atomic E-state index is 3.13. The van der Waals surface area contributed by atoms with Crippen LogP contribution in [0.4, 0.5) is 0 Å². The van der Waals surface area contributed by atoms with Gasteiger partial charge in [0.2, 0.25) is 0 Å². The van der Waals surface area contributed by atoms with Gasteiger partial charge in [0, 0.05) is 12.2 Å². The fraction of sp³-hybridized carbons (Fsp3) is 0.600. The van der Waals surface area contributed by atoms with Gasteiger partial charge in [0.15, 0.2) is 0 Å². The van der Waals surface area contributed by atoms with Gasteiger partial charge in [-0.15, -0.1) is 0 Å². The van der Waals surface area contributed by atoms with Crippen molar-refractivity contribution in [3.63, 3.8) is 0 Å². The fourth-order valence-electron chi connectivity index (χ4n) is 0.572. The summed E-state index contributed by atoms with van der Waals surface area (Å²) in [6.07, 6.45) is 2.13. The Morgan fingerprint density at radius 3 is 2.86 bits per heavy atom. The summed E-state index contributed by atoms with van der Waals surface area (Å²) in [6, 6.07) is 0. The summed E-state index contributed by atoms with van der Waals surface area (Å²) < 4.78 is 0. The molecule has 0 spiro atoms. The lowest BCUT2D eigenvalue weighted by Gasteiger charge is -2.11. The molecule has 2 N–H and O–H groups in total. The van der Waals surface area contributed by atoms with Gasteiger partial charge in [-0.3, -0.25) is 5.32 Å². The molecule has 7 heavy (non-hydrogen) atoms. The van der Waals surface area contributed by atoms with Crippen molar-refractivity contribution in [1.29, 1.82) is 0 Å². The quantitative estimate of drug-likeness (QED) is 0.447. The highest BCUT2D eigenvalue weighted by Crippen LogP contribution is 1.85. The van der Waals surface area contributed by atoms with Crippen LogP contribution in [0.1, 0.15) is 6.92 Å². The first-order valence-corrected chi connectivity index (χ1v) is 2.51. The van der Waals surface area contributed by atoms with Crippen molar-refractivity contribution >= 4 is 0 Å². The minimum atomic E-state index is 0.919. The smallest absolute Gasteiger partial charge is 0.0652 e. The van der Waals surface area contributed by atoms with Gasteiger partial charge >= 0.3 is 0 Å². The van der Waals surface area contributed by atoms with E-state index in [1.54, 1.807) is 0 Å². The standard InChI is InChI=1S/C5H10N2/c1-5-2-3-6-4-7-5/h2,6-7H,3-4H2,1H3. The van der Waals surface area contributed by atoms with Gasteiger partial charge in [0.1, 0.15) is 0 Å². The molecule has 2 nitrogen and oxygen atoms in total. The van der Waals surface area contributed by atoms with E-state index >= 15 is 0 Å². The van der Waals surface area contributed by atoms with Crippen molar-refractivity contribution in [3.8, 4) is 0 Å². The number of allylic oxidation sites excluding steroid dienone is 1. The number of nitrogens with one attached hydrogen (secondary N) is 2. The van der Waals surface area contributed by atoms with Crippen molar-refractivity contribution in [3.05, 3.63) is 11.8 Å². The molecule has 0 saturated carbocycles. The van der Waals surface area contributed by atoms with E-state index in [0.717, 1.165) is 13.2 Å². The normalized spacial score (nSPS) is 20.4. The second-order valence-corrected chi connectivity index (χ2v) is 1.69. The van der Waals surface area contributed by atoms with E-state index in [1.807, 2.05) is 0 Å². The predicted octanol–water partition coefficient (Wildman–Crippen LogP) is 0.0405. The molecule has 0 aromatic heterocycles. The molecule has 1 heterocycles. The minimum Gasteiger partial charge on any atom is -0.376 e. The average molecular weight is 98.1 g/mol. The molecule has 0 atom stereocenters. The van der Waals surface area contributed by atoms with Crippen molar-refractivity contribution in [2.24, 2.45) is 0 Å². The Balaban J connectivity index is 2.40. The van der Waals surface area contributed by atoms with Crippen LogP contribution in [0.3, 0.4) is 0 Å². The molecular weight excluding hydrogens is 88.1 g/mol. The Hall–Kier alpha value is -0.500. The highest BCUT2D eigenvalue weighted by molar-refractivity contribution is 4.99. The summed E-state index contributed by atoms with van der Waals surface area (Å²) in [4.78, 5) is 0. The summed E-state index contributed by atoms with van der Waals surface area (Å²) in [7, 11) is 0. The fourth-order valence-corrected chi connectivity index (χ4v) is 0.572. The Morgan fingerprint density at radius 2 is 2.57 bits per heavy atom. The first kappa shape index (κ1) is 4.65. The van der Waals surface area contributed by atoms with E-state index in [-0.39, 0.29) is 0 Å². The van der Waals surface area contributed by atoms with E-state index in [9.17, 15) is 0 Å². The topological polar surface area (TPSA) is 24.1 Å². The maximum Gasteiger partial charge on any atom is 0.0652 e. The van der Waals surface area contributed by atoms with Gasteiger partial charge < -0.3 is 5.32 Å². The number of hydrogen-bond donors (Lipinski definition) is 2. The van der Waals surface area contributed by atoms with Gasteiger partial charge in [-0.2, -0.15) is 0 Å². The van der Waals surface area contributed by atoms with Crippen LogP contribution in [-0.4, -0.2) is 13.2 Å². The van der Waals surface area contributed by atoms with E-state index in [4.69, 9.17) is 0 Å². The van der Waals surface area contributed by atoms with Crippen molar-refractivity contribution < 1.29 is 0 Å². The van der Waals surface area contributed by atoms with Crippen LogP contribution in [0.5, 0.6) is 0 Å². The third-order valence-corrected chi connectivity index (χ3v) is 1.04. The molecular formula is C5H10N2. The molecule has 0 saturated heterocycles. The monoisotopic (exact) mass is 98.1 g/mol. The molecule has 40 valence electrons. The number of rotatable bonds is 0. The summed E-state index contributed by atoms with van der Waals surface area (Å²) in [5.41, 5.74) is 1.28. The van der Waals surface area contributed by atoms with Crippen LogP contribution in [0.2, 0.25) is 0 Å². The van der Waals surface area contributed by atoms with E-state index in [1.165, 1.54) is 5.70 Å². The molecule has 0 unspecified atom stereocenters. The molecule has 1 aliphatic rings. The molecule has 0 aromatic rings. The average Bonchev–Trinajstić information content (AvgIpc) is 1.69. The van der Waals surface area contributed by atoms with Gasteiger partial charge in [-0.05, 0) is 6.92 Å². The zero-order chi connectivity index (χ0) is 5.11. The van der Waals surface area contributed by atoms with Gasteiger partial charge in [-0.25, -0.2) is 0 Å². The lowest BCUT2D eigenvalue weighted by molar-refractivity contribution is 0.639. The Bertz CT molecular complexity index is 86.1. The largest absolute Gasteiger partial charge is 0.376 e. The zero-order valence-electron chi connectivity index (χ0n) is 4.49. The summed E-state index contributed by atoms with van der Waals surface area (Å²) >= 11 is 0. The van der Waals surface area contributed by atoms with Gasteiger partial charge in [-0.1, -0.05) is 6.08 Å². The van der Waals surface area contributed by atoms with Crippen LogP contribution < -0.4 is 10.6 Å². The zero-order valence-corrected chi connectivity index (χ0v) is 4.49. The Labute approximate surface area is 43.6 Å². The van der Waals surface area contributed by atoms with Crippen molar-refractivity contribution in [2.45, 2.75) is 6.92 Å². The molecule has 0 aliphatic carbocycles. The van der Waals surface area contributed by atoms with Gasteiger partial charge in [0.25, 0.3) is 0 Å². The molecule has 0 radical (unpaired) electrons. The molecule has 1 rings (SSSR count). The molecule has 0 bridgehead atoms. The predicted molar refractivity (Wildman–Crippen MR) is 29.8 cm³/mol. The van der Waals surface area contributed by atoms with Crippen LogP contribution in [-0.2, 0) is 0 Å². The minimum absolute atomic E-state index is 0.919. The highest BCUT2D eigenvalue weighted by Gasteiger charge is 1.90. The summed E-state index contributed by atoms with van der Waals surface area (Å²) in [6.45, 7) is 4.00. The first-order chi connectivity index (χ1) is 3.39.